The van der Waals surface area contributed by atoms with Crippen molar-refractivity contribution in [2.75, 3.05) is 19.7 Å². The van der Waals surface area contributed by atoms with Crippen LogP contribution in [0.5, 0.6) is 0 Å². The lowest BCUT2D eigenvalue weighted by Gasteiger charge is -2.29. The van der Waals surface area contributed by atoms with E-state index in [9.17, 15) is 18.3 Å². The van der Waals surface area contributed by atoms with Gasteiger partial charge in [-0.05, 0) is 46.8 Å². The Kier molecular flexibility index (Phi) is 7.48. The first kappa shape index (κ1) is 24.9. The summed E-state index contributed by atoms with van der Waals surface area (Å²) in [6.45, 7) is 9.13. The lowest BCUT2D eigenvalue weighted by molar-refractivity contribution is -0.227. The molecule has 0 aromatic heterocycles. The lowest BCUT2D eigenvalue weighted by Crippen LogP contribution is -2.47. The molecule has 180 valence electrons. The van der Waals surface area contributed by atoms with E-state index in [2.05, 4.69) is 0 Å². The van der Waals surface area contributed by atoms with E-state index in [1.54, 1.807) is 26.0 Å². The highest BCUT2D eigenvalue weighted by Crippen LogP contribution is 2.40. The molecule has 11 heteroatoms. The van der Waals surface area contributed by atoms with E-state index >= 15 is 0 Å². The molecule has 1 aromatic carbocycles. The highest BCUT2D eigenvalue weighted by atomic mass is 32.2. The van der Waals surface area contributed by atoms with Gasteiger partial charge in [0.05, 0.1) is 11.5 Å². The molecule has 0 aliphatic carbocycles. The number of carbonyl (C=O) groups is 1. The van der Waals surface area contributed by atoms with E-state index in [-0.39, 0.29) is 4.90 Å². The van der Waals surface area contributed by atoms with Crippen LogP contribution in [0.1, 0.15) is 33.3 Å². The Bertz CT molecular complexity index is 898. The van der Waals surface area contributed by atoms with Gasteiger partial charge in [-0.2, -0.15) is 8.42 Å². The third-order valence-corrected chi connectivity index (χ3v) is 6.66. The second-order valence-corrected chi connectivity index (χ2v) is 9.82. The third kappa shape index (κ3) is 5.41. The minimum absolute atomic E-state index is 0.0302. The zero-order valence-electron chi connectivity index (χ0n) is 18.9. The molecular formula is C21H31NO9S. The van der Waals surface area contributed by atoms with E-state index in [0.717, 1.165) is 5.56 Å². The average molecular weight is 474 g/mol. The highest BCUT2D eigenvalue weighted by molar-refractivity contribution is 7.86. The van der Waals surface area contributed by atoms with Crippen molar-refractivity contribution in [2.24, 2.45) is 0 Å². The average Bonchev–Trinajstić information content (AvgIpc) is 3.20. The molecule has 2 fully saturated rings. The van der Waals surface area contributed by atoms with Crippen molar-refractivity contribution in [3.8, 4) is 0 Å². The predicted molar refractivity (Wildman–Crippen MR) is 112 cm³/mol. The van der Waals surface area contributed by atoms with E-state index < -0.39 is 59.3 Å². The molecule has 1 N–H and O–H groups in total. The van der Waals surface area contributed by atoms with Crippen LogP contribution in [0.15, 0.2) is 29.2 Å². The number of fused-ring (bicyclic) bond motifs is 1. The summed E-state index contributed by atoms with van der Waals surface area (Å²) in [5.41, 5.74) is 0.899. The smallest absolute Gasteiger partial charge is 0.410 e. The molecule has 32 heavy (non-hydrogen) atoms. The number of aliphatic hydroxyl groups excluding tert-OH is 1. The maximum atomic E-state index is 12.6. The zero-order valence-corrected chi connectivity index (χ0v) is 19.7. The highest BCUT2D eigenvalue weighted by Gasteiger charge is 2.58. The molecule has 2 saturated heterocycles. The Morgan fingerprint density at radius 1 is 1.19 bits per heavy atom. The summed E-state index contributed by atoms with van der Waals surface area (Å²) < 4.78 is 52.8. The number of rotatable bonds is 8. The SMILES string of the molecule is CCN(CC)C(=O)O[C@@H]1[C@H]2OC(C)(C)O[C@H]2O[C@@H]1[C@H](O)COS(=O)(=O)c1ccc(C)cc1. The van der Waals surface area contributed by atoms with Gasteiger partial charge >= 0.3 is 6.09 Å². The van der Waals surface area contributed by atoms with Crippen molar-refractivity contribution in [2.45, 2.75) is 76.0 Å². The summed E-state index contributed by atoms with van der Waals surface area (Å²) in [6.07, 6.45) is -5.80. The fourth-order valence-electron chi connectivity index (χ4n) is 3.65. The van der Waals surface area contributed by atoms with Gasteiger partial charge in [-0.1, -0.05) is 17.7 Å². The summed E-state index contributed by atoms with van der Waals surface area (Å²) in [7, 11) is -4.09. The first-order valence-electron chi connectivity index (χ1n) is 10.6. The first-order valence-corrected chi connectivity index (χ1v) is 12.0. The molecule has 0 saturated carbocycles. The Morgan fingerprint density at radius 2 is 1.81 bits per heavy atom. The monoisotopic (exact) mass is 473 g/mol. The molecule has 0 bridgehead atoms. The van der Waals surface area contributed by atoms with Gasteiger partial charge in [0.1, 0.15) is 12.2 Å². The minimum Gasteiger partial charge on any atom is -0.440 e. The summed E-state index contributed by atoms with van der Waals surface area (Å²) in [4.78, 5) is 14.0. The van der Waals surface area contributed by atoms with E-state index in [1.807, 2.05) is 20.8 Å². The van der Waals surface area contributed by atoms with Crippen molar-refractivity contribution >= 4 is 16.2 Å². The van der Waals surface area contributed by atoms with Crippen LogP contribution < -0.4 is 0 Å². The number of ether oxygens (including phenoxy) is 4. The van der Waals surface area contributed by atoms with Gasteiger partial charge in [0.2, 0.25) is 0 Å². The number of benzene rings is 1. The van der Waals surface area contributed by atoms with Crippen molar-refractivity contribution in [1.29, 1.82) is 0 Å². The fourth-order valence-corrected chi connectivity index (χ4v) is 4.57. The minimum atomic E-state index is -4.09. The number of carbonyl (C=O) groups excluding carboxylic acids is 1. The molecule has 2 heterocycles. The van der Waals surface area contributed by atoms with E-state index in [4.69, 9.17) is 23.1 Å². The summed E-state index contributed by atoms with van der Waals surface area (Å²) >= 11 is 0. The third-order valence-electron chi connectivity index (χ3n) is 5.37. The van der Waals surface area contributed by atoms with Gasteiger partial charge in [0.25, 0.3) is 10.1 Å². The molecule has 0 radical (unpaired) electrons. The Balaban J connectivity index is 1.72. The van der Waals surface area contributed by atoms with Crippen LogP contribution in [0, 0.1) is 6.92 Å². The molecule has 2 aliphatic rings. The van der Waals surface area contributed by atoms with Gasteiger partial charge in [-0.3, -0.25) is 4.18 Å². The second kappa shape index (κ2) is 9.62. The molecular weight excluding hydrogens is 442 g/mol. The van der Waals surface area contributed by atoms with Gasteiger partial charge in [0.15, 0.2) is 24.3 Å². The molecule has 0 unspecified atom stereocenters. The maximum absolute atomic E-state index is 12.6. The van der Waals surface area contributed by atoms with Crippen LogP contribution in [-0.2, 0) is 33.2 Å². The lowest BCUT2D eigenvalue weighted by atomic mass is 10.1. The summed E-state index contributed by atoms with van der Waals surface area (Å²) in [5.74, 6) is -0.962. The summed E-state index contributed by atoms with van der Waals surface area (Å²) in [6, 6.07) is 6.14. The number of hydrogen-bond donors (Lipinski definition) is 1. The number of aliphatic hydroxyl groups is 1. The molecule has 2 aliphatic heterocycles. The van der Waals surface area contributed by atoms with Crippen LogP contribution in [0.3, 0.4) is 0 Å². The Hall–Kier alpha value is -1.76. The number of aryl methyl sites for hydroxylation is 1. The standard InChI is InChI=1S/C21H31NO9S/c1-6-22(7-2)20(24)29-17-16(28-19-18(17)30-21(4,5)31-19)15(23)12-27-32(25,26)14-10-8-13(3)9-11-14/h8-11,15-19,23H,6-7,12H2,1-5H3/t15-,16-,17+,18-,19-/m1/s1. The van der Waals surface area contributed by atoms with Crippen LogP contribution in [0.25, 0.3) is 0 Å². The van der Waals surface area contributed by atoms with E-state index in [1.165, 1.54) is 17.0 Å². The Labute approximate surface area is 188 Å². The maximum Gasteiger partial charge on any atom is 0.410 e. The topological polar surface area (TPSA) is 121 Å². The number of amides is 1. The van der Waals surface area contributed by atoms with Crippen LogP contribution >= 0.6 is 0 Å². The first-order chi connectivity index (χ1) is 15.0. The predicted octanol–water partition coefficient (Wildman–Crippen LogP) is 1.78. The molecule has 3 rings (SSSR count). The van der Waals surface area contributed by atoms with Gasteiger partial charge < -0.3 is 29.0 Å². The quantitative estimate of drug-likeness (QED) is 0.563. The van der Waals surface area contributed by atoms with Crippen LogP contribution in [0.2, 0.25) is 0 Å². The molecule has 0 spiro atoms. The molecule has 5 atom stereocenters. The van der Waals surface area contributed by atoms with Gasteiger partial charge in [0, 0.05) is 13.1 Å². The number of hydrogen-bond acceptors (Lipinski definition) is 9. The van der Waals surface area contributed by atoms with Crippen LogP contribution in [-0.4, -0.2) is 80.7 Å². The van der Waals surface area contributed by atoms with Crippen molar-refractivity contribution in [1.82, 2.24) is 4.90 Å². The van der Waals surface area contributed by atoms with Crippen molar-refractivity contribution in [3.05, 3.63) is 29.8 Å². The van der Waals surface area contributed by atoms with Crippen LogP contribution in [0.4, 0.5) is 4.79 Å². The van der Waals surface area contributed by atoms with Crippen molar-refractivity contribution < 1.29 is 41.4 Å². The van der Waals surface area contributed by atoms with Crippen molar-refractivity contribution in [3.63, 3.8) is 0 Å². The normalized spacial score (nSPS) is 27.7. The Morgan fingerprint density at radius 3 is 2.41 bits per heavy atom. The second-order valence-electron chi connectivity index (χ2n) is 8.21. The molecule has 10 nitrogen and oxygen atoms in total. The zero-order chi connectivity index (χ0) is 23.7. The molecule has 1 aromatic rings. The number of nitrogens with zero attached hydrogens (tertiary/aromatic N) is 1. The fraction of sp³-hybridized carbons (Fsp3) is 0.667. The van der Waals surface area contributed by atoms with E-state index in [0.29, 0.717) is 13.1 Å². The summed E-state index contributed by atoms with van der Waals surface area (Å²) in [5, 5.41) is 10.7. The largest absolute Gasteiger partial charge is 0.440 e. The molecule has 1 amide bonds. The van der Waals surface area contributed by atoms with Gasteiger partial charge in [-0.25, -0.2) is 4.79 Å². The van der Waals surface area contributed by atoms with Gasteiger partial charge in [-0.15, -0.1) is 0 Å².